The van der Waals surface area contributed by atoms with E-state index < -0.39 is 27.9 Å². The molecule has 9 nitrogen and oxygen atoms in total. The molecule has 2 aromatic carbocycles. The van der Waals surface area contributed by atoms with E-state index in [1.54, 1.807) is 24.3 Å². The van der Waals surface area contributed by atoms with Gasteiger partial charge in [-0.1, -0.05) is 23.7 Å². The number of nitrogens with zero attached hydrogens (tertiary/aromatic N) is 1. The first-order valence-corrected chi connectivity index (χ1v) is 12.5. The summed E-state index contributed by atoms with van der Waals surface area (Å²) >= 11 is 5.95. The minimum Gasteiger partial charge on any atom is -0.465 e. The van der Waals surface area contributed by atoms with Crippen LogP contribution in [0.2, 0.25) is 5.02 Å². The van der Waals surface area contributed by atoms with Crippen LogP contribution in [0.15, 0.2) is 42.5 Å². The van der Waals surface area contributed by atoms with Crippen LogP contribution < -0.4 is 5.32 Å². The zero-order chi connectivity index (χ0) is 24.9. The Kier molecular flexibility index (Phi) is 8.29. The normalized spacial score (nSPS) is 14.9. The molecule has 1 fully saturated rings. The first-order valence-electron chi connectivity index (χ1n) is 10.5. The maximum atomic E-state index is 12.8. The highest BCUT2D eigenvalue weighted by Crippen LogP contribution is 2.25. The minimum absolute atomic E-state index is 0.0858. The van der Waals surface area contributed by atoms with Gasteiger partial charge in [-0.15, -0.1) is 0 Å². The highest BCUT2D eigenvalue weighted by atomic mass is 35.5. The number of nitrogens with one attached hydrogen (secondary N) is 1. The van der Waals surface area contributed by atoms with Gasteiger partial charge >= 0.3 is 11.9 Å². The molecule has 0 spiro atoms. The van der Waals surface area contributed by atoms with Crippen LogP contribution in [0.3, 0.4) is 0 Å². The number of methoxy groups -OCH3 is 2. The van der Waals surface area contributed by atoms with Crippen molar-refractivity contribution in [3.63, 3.8) is 0 Å². The van der Waals surface area contributed by atoms with Crippen LogP contribution in [0.5, 0.6) is 0 Å². The Labute approximate surface area is 203 Å². The molecule has 1 aliphatic rings. The number of anilines is 1. The van der Waals surface area contributed by atoms with Crippen LogP contribution in [-0.4, -0.2) is 57.9 Å². The van der Waals surface area contributed by atoms with Crippen LogP contribution in [0, 0.1) is 5.92 Å². The van der Waals surface area contributed by atoms with E-state index in [0.29, 0.717) is 23.4 Å². The summed E-state index contributed by atoms with van der Waals surface area (Å²) in [6.45, 7) is 0.410. The molecule has 0 aliphatic carbocycles. The zero-order valence-corrected chi connectivity index (χ0v) is 20.3. The summed E-state index contributed by atoms with van der Waals surface area (Å²) in [5, 5.41) is 3.18. The van der Waals surface area contributed by atoms with Gasteiger partial charge in [-0.25, -0.2) is 22.3 Å². The average Bonchev–Trinajstić information content (AvgIpc) is 2.82. The summed E-state index contributed by atoms with van der Waals surface area (Å²) in [6.07, 6.45) is 0.669. The van der Waals surface area contributed by atoms with Crippen molar-refractivity contribution in [3.05, 3.63) is 64.2 Å². The van der Waals surface area contributed by atoms with Crippen molar-refractivity contribution < 1.29 is 32.3 Å². The second-order valence-corrected chi connectivity index (χ2v) is 10.2. The lowest BCUT2D eigenvalue weighted by Crippen LogP contribution is -2.41. The molecular weight excluding hydrogens is 484 g/mol. The van der Waals surface area contributed by atoms with E-state index >= 15 is 0 Å². The van der Waals surface area contributed by atoms with Gasteiger partial charge in [-0.2, -0.15) is 0 Å². The molecule has 0 saturated carbocycles. The van der Waals surface area contributed by atoms with E-state index in [9.17, 15) is 22.8 Å². The lowest BCUT2D eigenvalue weighted by Gasteiger charge is -2.30. The number of hydrogen-bond acceptors (Lipinski definition) is 7. The Hall–Kier alpha value is -2.95. The molecule has 0 bridgehead atoms. The number of sulfonamides is 1. The average molecular weight is 509 g/mol. The van der Waals surface area contributed by atoms with Crippen LogP contribution in [0.25, 0.3) is 0 Å². The van der Waals surface area contributed by atoms with Gasteiger partial charge in [-0.05, 0) is 48.7 Å². The minimum atomic E-state index is -3.56. The fourth-order valence-corrected chi connectivity index (χ4v) is 5.50. The van der Waals surface area contributed by atoms with Crippen molar-refractivity contribution in [1.29, 1.82) is 0 Å². The largest absolute Gasteiger partial charge is 0.465 e. The molecule has 2 aromatic rings. The Balaban J connectivity index is 1.65. The van der Waals surface area contributed by atoms with E-state index in [-0.39, 0.29) is 41.6 Å². The monoisotopic (exact) mass is 508 g/mol. The van der Waals surface area contributed by atoms with Gasteiger partial charge in [0.05, 0.1) is 31.1 Å². The molecular formula is C23H25ClN2O7S. The Morgan fingerprint density at radius 2 is 1.59 bits per heavy atom. The van der Waals surface area contributed by atoms with Gasteiger partial charge in [0.2, 0.25) is 15.9 Å². The SMILES string of the molecule is COC(=O)c1cc(NC(=O)C2CCN(S(=O)(=O)Cc3cccc(Cl)c3)CC2)cc(C(=O)OC)c1. The number of rotatable bonds is 7. The van der Waals surface area contributed by atoms with E-state index in [4.69, 9.17) is 21.1 Å². The summed E-state index contributed by atoms with van der Waals surface area (Å²) in [5.41, 5.74) is 1.01. The molecule has 34 heavy (non-hydrogen) atoms. The van der Waals surface area contributed by atoms with Gasteiger partial charge in [0.25, 0.3) is 0 Å². The van der Waals surface area contributed by atoms with E-state index in [0.717, 1.165) is 0 Å². The summed E-state index contributed by atoms with van der Waals surface area (Å²) in [5.74, 6) is -2.26. The molecule has 0 radical (unpaired) electrons. The first kappa shape index (κ1) is 25.7. The highest BCUT2D eigenvalue weighted by molar-refractivity contribution is 7.88. The molecule has 1 amide bonds. The topological polar surface area (TPSA) is 119 Å². The third kappa shape index (κ3) is 6.34. The smallest absolute Gasteiger partial charge is 0.337 e. The summed E-state index contributed by atoms with van der Waals surface area (Å²) < 4.78 is 36.4. The van der Waals surface area contributed by atoms with E-state index in [1.807, 2.05) is 0 Å². The fourth-order valence-electron chi connectivity index (χ4n) is 3.74. The van der Waals surface area contributed by atoms with Gasteiger partial charge < -0.3 is 14.8 Å². The Morgan fingerprint density at radius 3 is 2.12 bits per heavy atom. The van der Waals surface area contributed by atoms with Crippen LogP contribution in [0.4, 0.5) is 5.69 Å². The maximum Gasteiger partial charge on any atom is 0.337 e. The van der Waals surface area contributed by atoms with Crippen molar-refractivity contribution in [1.82, 2.24) is 4.31 Å². The standard InChI is InChI=1S/C23H25ClN2O7S/c1-32-22(28)17-11-18(23(29)33-2)13-20(12-17)25-21(27)16-6-8-26(9-7-16)34(30,31)14-15-4-3-5-19(24)10-15/h3-5,10-13,16H,6-9,14H2,1-2H3,(H,25,27). The van der Waals surface area contributed by atoms with Crippen molar-refractivity contribution in [2.24, 2.45) is 5.92 Å². The van der Waals surface area contributed by atoms with Crippen molar-refractivity contribution >= 4 is 45.2 Å². The molecule has 0 unspecified atom stereocenters. The lowest BCUT2D eigenvalue weighted by atomic mass is 9.97. The van der Waals surface area contributed by atoms with Crippen molar-refractivity contribution in [2.75, 3.05) is 32.6 Å². The molecule has 1 aliphatic heterocycles. The van der Waals surface area contributed by atoms with Crippen LogP contribution in [0.1, 0.15) is 39.1 Å². The molecule has 3 rings (SSSR count). The molecule has 11 heteroatoms. The fraction of sp³-hybridized carbons (Fsp3) is 0.348. The van der Waals surface area contributed by atoms with Gasteiger partial charge in [0.1, 0.15) is 0 Å². The molecule has 1 N–H and O–H groups in total. The number of hydrogen-bond donors (Lipinski definition) is 1. The number of halogens is 1. The first-order chi connectivity index (χ1) is 16.1. The summed E-state index contributed by atoms with van der Waals surface area (Å²) in [7, 11) is -1.14. The van der Waals surface area contributed by atoms with Crippen molar-refractivity contribution in [3.8, 4) is 0 Å². The van der Waals surface area contributed by atoms with Gasteiger partial charge in [0.15, 0.2) is 0 Å². The van der Waals surface area contributed by atoms with Gasteiger partial charge in [-0.3, -0.25) is 4.79 Å². The predicted molar refractivity (Wildman–Crippen MR) is 126 cm³/mol. The van der Waals surface area contributed by atoms with E-state index in [1.165, 1.54) is 36.7 Å². The van der Waals surface area contributed by atoms with Crippen molar-refractivity contribution in [2.45, 2.75) is 18.6 Å². The lowest BCUT2D eigenvalue weighted by molar-refractivity contribution is -0.120. The number of esters is 2. The number of carbonyl (C=O) groups is 3. The third-order valence-corrected chi connectivity index (χ3v) is 7.58. The zero-order valence-electron chi connectivity index (χ0n) is 18.7. The van der Waals surface area contributed by atoms with Gasteiger partial charge in [0, 0.05) is 29.7 Å². The number of piperidine rings is 1. The summed E-state index contributed by atoms with van der Waals surface area (Å²) in [6, 6.07) is 10.8. The molecule has 182 valence electrons. The Bertz CT molecular complexity index is 1160. The second kappa shape index (κ2) is 11.0. The number of amides is 1. The molecule has 1 saturated heterocycles. The van der Waals surface area contributed by atoms with Crippen LogP contribution >= 0.6 is 11.6 Å². The number of carbonyl (C=O) groups excluding carboxylic acids is 3. The second-order valence-electron chi connectivity index (χ2n) is 7.83. The highest BCUT2D eigenvalue weighted by Gasteiger charge is 2.31. The van der Waals surface area contributed by atoms with E-state index in [2.05, 4.69) is 5.32 Å². The summed E-state index contributed by atoms with van der Waals surface area (Å²) in [4.78, 5) is 36.7. The van der Waals surface area contributed by atoms with Crippen LogP contribution in [-0.2, 0) is 30.0 Å². The maximum absolute atomic E-state index is 12.8. The third-order valence-electron chi connectivity index (χ3n) is 5.50. The molecule has 0 atom stereocenters. The predicted octanol–water partition coefficient (Wildman–Crippen LogP) is 3.09. The number of benzene rings is 2. The molecule has 1 heterocycles. The quantitative estimate of drug-likeness (QED) is 0.571. The Morgan fingerprint density at radius 1 is 1.00 bits per heavy atom. The molecule has 0 aromatic heterocycles. The number of ether oxygens (including phenoxy) is 2.